The molecule has 1 aromatic rings. The number of carbonyl (C=O) groups is 1. The maximum atomic E-state index is 12.7. The van der Waals surface area contributed by atoms with Gasteiger partial charge in [-0.3, -0.25) is 9.69 Å². The Morgan fingerprint density at radius 2 is 2.28 bits per heavy atom. The van der Waals surface area contributed by atoms with E-state index in [4.69, 9.17) is 32.1 Å². The largest absolute Gasteiger partial charge is 0.496 e. The third kappa shape index (κ3) is 4.75. The molecular formula is C17H23ClN4O3. The second-order valence-electron chi connectivity index (χ2n) is 5.93. The van der Waals surface area contributed by atoms with Crippen molar-refractivity contribution in [1.82, 2.24) is 10.2 Å². The van der Waals surface area contributed by atoms with E-state index in [9.17, 15) is 4.79 Å². The highest BCUT2D eigenvalue weighted by Crippen LogP contribution is 2.29. The van der Waals surface area contributed by atoms with E-state index in [0.29, 0.717) is 41.5 Å². The molecule has 0 spiro atoms. The van der Waals surface area contributed by atoms with Crippen molar-refractivity contribution >= 4 is 23.2 Å². The zero-order valence-electron chi connectivity index (χ0n) is 14.4. The first-order valence-corrected chi connectivity index (χ1v) is 8.44. The van der Waals surface area contributed by atoms with E-state index in [0.717, 1.165) is 13.0 Å². The summed E-state index contributed by atoms with van der Waals surface area (Å²) in [6, 6.07) is 5.06. The van der Waals surface area contributed by atoms with Gasteiger partial charge < -0.3 is 20.5 Å². The highest BCUT2D eigenvalue weighted by Gasteiger charge is 2.31. The molecule has 1 aromatic carbocycles. The number of methoxy groups -OCH3 is 2. The lowest BCUT2D eigenvalue weighted by Gasteiger charge is -2.37. The van der Waals surface area contributed by atoms with Crippen LogP contribution >= 0.6 is 11.6 Å². The number of hydrogen-bond donors (Lipinski definition) is 2. The van der Waals surface area contributed by atoms with Gasteiger partial charge in [0, 0.05) is 39.2 Å². The van der Waals surface area contributed by atoms with Crippen molar-refractivity contribution in [3.63, 3.8) is 0 Å². The molecular weight excluding hydrogens is 344 g/mol. The first-order valence-electron chi connectivity index (χ1n) is 8.06. The Hall–Kier alpha value is -2.01. The average Bonchev–Trinajstić information content (AvgIpc) is 2.62. The van der Waals surface area contributed by atoms with Gasteiger partial charge in [-0.05, 0) is 12.5 Å². The van der Waals surface area contributed by atoms with Crippen molar-refractivity contribution in [2.45, 2.75) is 25.0 Å². The van der Waals surface area contributed by atoms with E-state index in [2.05, 4.69) is 16.3 Å². The van der Waals surface area contributed by atoms with Gasteiger partial charge in [0.25, 0.3) is 5.91 Å². The molecule has 1 aliphatic heterocycles. The number of anilines is 1. The van der Waals surface area contributed by atoms with E-state index in [1.54, 1.807) is 7.11 Å². The number of nitrogens with zero attached hydrogens (tertiary/aromatic N) is 2. The normalized spacial score (nSPS) is 20.7. The van der Waals surface area contributed by atoms with Crippen LogP contribution in [0.25, 0.3) is 0 Å². The third-order valence-corrected chi connectivity index (χ3v) is 4.69. The van der Waals surface area contributed by atoms with Gasteiger partial charge in [0.15, 0.2) is 0 Å². The summed E-state index contributed by atoms with van der Waals surface area (Å²) >= 11 is 6.03. The summed E-state index contributed by atoms with van der Waals surface area (Å²) in [7, 11) is 3.10. The van der Waals surface area contributed by atoms with Crippen molar-refractivity contribution in [3.8, 4) is 11.8 Å². The van der Waals surface area contributed by atoms with Crippen molar-refractivity contribution in [1.29, 1.82) is 5.26 Å². The van der Waals surface area contributed by atoms with E-state index < -0.39 is 0 Å². The number of halogens is 1. The number of nitrogen functional groups attached to an aromatic ring is 1. The highest BCUT2D eigenvalue weighted by molar-refractivity contribution is 6.33. The van der Waals surface area contributed by atoms with Crippen LogP contribution in [0.4, 0.5) is 5.69 Å². The second-order valence-corrected chi connectivity index (χ2v) is 6.33. The quantitative estimate of drug-likeness (QED) is 0.742. The fourth-order valence-electron chi connectivity index (χ4n) is 2.96. The summed E-state index contributed by atoms with van der Waals surface area (Å²) in [6.45, 7) is 2.17. The van der Waals surface area contributed by atoms with E-state index >= 15 is 0 Å². The average molecular weight is 367 g/mol. The van der Waals surface area contributed by atoms with E-state index in [1.165, 1.54) is 19.2 Å². The van der Waals surface area contributed by atoms with Crippen LogP contribution in [0.5, 0.6) is 5.75 Å². The zero-order chi connectivity index (χ0) is 18.4. The molecule has 2 rings (SSSR count). The number of nitriles is 1. The lowest BCUT2D eigenvalue weighted by atomic mass is 10.0. The smallest absolute Gasteiger partial charge is 0.255 e. The minimum Gasteiger partial charge on any atom is -0.496 e. The van der Waals surface area contributed by atoms with Gasteiger partial charge in [0.2, 0.25) is 0 Å². The van der Waals surface area contributed by atoms with Gasteiger partial charge in [0.05, 0.1) is 41.6 Å². The van der Waals surface area contributed by atoms with Crippen LogP contribution in [-0.2, 0) is 4.74 Å². The Morgan fingerprint density at radius 3 is 2.92 bits per heavy atom. The van der Waals surface area contributed by atoms with E-state index in [1.807, 2.05) is 0 Å². The molecule has 0 aliphatic carbocycles. The first kappa shape index (κ1) is 19.3. The summed E-state index contributed by atoms with van der Waals surface area (Å²) in [4.78, 5) is 14.8. The second kappa shape index (κ2) is 8.90. The monoisotopic (exact) mass is 366 g/mol. The standard InChI is InChI=1S/C17H23ClN4O3/c1-24-15-9-13(20)12(18)8-11(15)17(23)21-14-4-7-22(6-3-5-19)10-16(14)25-2/h8-9,14,16H,3-4,6-7,10,20H2,1-2H3,(H,21,23)/t14-,16+/m1/s1. The molecule has 0 saturated carbocycles. The number of nitrogens with one attached hydrogen (secondary N) is 1. The maximum Gasteiger partial charge on any atom is 0.255 e. The lowest BCUT2D eigenvalue weighted by molar-refractivity contribution is 0.00705. The molecule has 0 bridgehead atoms. The Kier molecular flexibility index (Phi) is 6.88. The summed E-state index contributed by atoms with van der Waals surface area (Å²) < 4.78 is 10.8. The SMILES string of the molecule is COc1cc(N)c(Cl)cc1C(=O)N[C@@H]1CCN(CCC#N)C[C@@H]1OC. The molecule has 0 radical (unpaired) electrons. The van der Waals surface area contributed by atoms with Gasteiger partial charge in [-0.25, -0.2) is 0 Å². The fraction of sp³-hybridized carbons (Fsp3) is 0.529. The minimum atomic E-state index is -0.281. The number of nitrogens with two attached hydrogens (primary N) is 1. The molecule has 2 atom stereocenters. The molecule has 1 saturated heterocycles. The number of benzene rings is 1. The van der Waals surface area contributed by atoms with Crippen LogP contribution in [-0.4, -0.2) is 56.8 Å². The Labute approximate surface area is 152 Å². The van der Waals surface area contributed by atoms with Gasteiger partial charge in [-0.2, -0.15) is 5.26 Å². The van der Waals surface area contributed by atoms with Crippen LogP contribution in [0.2, 0.25) is 5.02 Å². The molecule has 1 fully saturated rings. The number of ether oxygens (including phenoxy) is 2. The number of amides is 1. The van der Waals surface area contributed by atoms with Crippen molar-refractivity contribution in [2.75, 3.05) is 39.6 Å². The summed E-state index contributed by atoms with van der Waals surface area (Å²) in [5, 5.41) is 12.0. The molecule has 1 amide bonds. The van der Waals surface area contributed by atoms with Gasteiger partial charge >= 0.3 is 0 Å². The molecule has 0 unspecified atom stereocenters. The third-order valence-electron chi connectivity index (χ3n) is 4.37. The van der Waals surface area contributed by atoms with Crippen molar-refractivity contribution in [3.05, 3.63) is 22.7 Å². The van der Waals surface area contributed by atoms with Crippen LogP contribution < -0.4 is 15.8 Å². The molecule has 0 aromatic heterocycles. The topological polar surface area (TPSA) is 101 Å². The Balaban J connectivity index is 2.07. The molecule has 8 heteroatoms. The summed E-state index contributed by atoms with van der Waals surface area (Å²) in [5.74, 6) is 0.0936. The van der Waals surface area contributed by atoms with Crippen LogP contribution in [0.3, 0.4) is 0 Å². The predicted octanol–water partition coefficient (Wildman–Crippen LogP) is 1.66. The van der Waals surface area contributed by atoms with E-state index in [-0.39, 0.29) is 18.1 Å². The highest BCUT2D eigenvalue weighted by atomic mass is 35.5. The summed E-state index contributed by atoms with van der Waals surface area (Å²) in [5.41, 5.74) is 6.45. The summed E-state index contributed by atoms with van der Waals surface area (Å²) in [6.07, 6.45) is 1.07. The lowest BCUT2D eigenvalue weighted by Crippen LogP contribution is -2.54. The molecule has 3 N–H and O–H groups in total. The molecule has 7 nitrogen and oxygen atoms in total. The Morgan fingerprint density at radius 1 is 1.52 bits per heavy atom. The fourth-order valence-corrected chi connectivity index (χ4v) is 3.12. The molecule has 1 aliphatic rings. The molecule has 25 heavy (non-hydrogen) atoms. The van der Waals surface area contributed by atoms with Gasteiger partial charge in [-0.1, -0.05) is 11.6 Å². The molecule has 136 valence electrons. The van der Waals surface area contributed by atoms with Gasteiger partial charge in [-0.15, -0.1) is 0 Å². The van der Waals surface area contributed by atoms with Crippen molar-refractivity contribution in [2.24, 2.45) is 0 Å². The van der Waals surface area contributed by atoms with Gasteiger partial charge in [0.1, 0.15) is 5.75 Å². The number of carbonyl (C=O) groups excluding carboxylic acids is 1. The first-order chi connectivity index (χ1) is 12.0. The number of rotatable bonds is 6. The number of piperidine rings is 1. The number of hydrogen-bond acceptors (Lipinski definition) is 6. The predicted molar refractivity (Wildman–Crippen MR) is 95.8 cm³/mol. The van der Waals surface area contributed by atoms with Crippen molar-refractivity contribution < 1.29 is 14.3 Å². The minimum absolute atomic E-state index is 0.128. The Bertz CT molecular complexity index is 662. The van der Waals surface area contributed by atoms with Crippen LogP contribution in [0.1, 0.15) is 23.2 Å². The van der Waals surface area contributed by atoms with Crippen LogP contribution in [0.15, 0.2) is 12.1 Å². The number of likely N-dealkylation sites (tertiary alicyclic amines) is 1. The molecule has 1 heterocycles. The van der Waals surface area contributed by atoms with Crippen LogP contribution in [0, 0.1) is 11.3 Å². The maximum absolute atomic E-state index is 12.7. The zero-order valence-corrected chi connectivity index (χ0v) is 15.2.